The van der Waals surface area contributed by atoms with Gasteiger partial charge in [0.05, 0.1) is 6.61 Å². The third-order valence-corrected chi connectivity index (χ3v) is 4.23. The summed E-state index contributed by atoms with van der Waals surface area (Å²) in [5.74, 6) is 0.293. The zero-order valence-corrected chi connectivity index (χ0v) is 15.6. The van der Waals surface area contributed by atoms with E-state index in [4.69, 9.17) is 14.2 Å². The standard InChI is InChI=1S/C18H33NO5/c1-6-23-17-13(8-7-10-20)14(18(2,3)4)12-15(24-17)16(21)19-9-11-22-5/h12-14,17,20H,6-11H2,1-5H3,(H,19,21)/t13-,14+,17-/m0/s1. The van der Waals surface area contributed by atoms with Gasteiger partial charge in [0.2, 0.25) is 6.29 Å². The summed E-state index contributed by atoms with van der Waals surface area (Å²) < 4.78 is 16.6. The number of hydrogen-bond donors (Lipinski definition) is 2. The molecular formula is C18H33NO5. The van der Waals surface area contributed by atoms with E-state index in [-0.39, 0.29) is 29.8 Å². The van der Waals surface area contributed by atoms with Crippen LogP contribution in [0.3, 0.4) is 0 Å². The number of amides is 1. The zero-order chi connectivity index (χ0) is 18.2. The van der Waals surface area contributed by atoms with E-state index < -0.39 is 6.29 Å². The van der Waals surface area contributed by atoms with Crippen molar-refractivity contribution in [3.05, 3.63) is 11.8 Å². The van der Waals surface area contributed by atoms with Crippen molar-refractivity contribution in [3.8, 4) is 0 Å². The van der Waals surface area contributed by atoms with Gasteiger partial charge in [0.25, 0.3) is 5.91 Å². The SMILES string of the molecule is CCO[C@H]1OC(C(=O)NCCOC)=C[C@@H](C(C)(C)C)[C@@H]1CCCO. The number of nitrogens with one attached hydrogen (secondary N) is 1. The molecule has 6 heteroatoms. The molecule has 0 radical (unpaired) electrons. The molecule has 0 aromatic heterocycles. The Morgan fingerprint density at radius 3 is 2.67 bits per heavy atom. The summed E-state index contributed by atoms with van der Waals surface area (Å²) in [6.45, 7) is 9.89. The summed E-state index contributed by atoms with van der Waals surface area (Å²) >= 11 is 0. The molecule has 0 aromatic rings. The molecular weight excluding hydrogens is 310 g/mol. The van der Waals surface area contributed by atoms with Gasteiger partial charge in [-0.25, -0.2) is 0 Å². The predicted octanol–water partition coefficient (Wildman–Crippen LogP) is 2.08. The summed E-state index contributed by atoms with van der Waals surface area (Å²) in [5, 5.41) is 12.0. The van der Waals surface area contributed by atoms with Crippen molar-refractivity contribution >= 4 is 5.91 Å². The Morgan fingerprint density at radius 1 is 1.42 bits per heavy atom. The van der Waals surface area contributed by atoms with Gasteiger partial charge in [0.15, 0.2) is 5.76 Å². The smallest absolute Gasteiger partial charge is 0.286 e. The van der Waals surface area contributed by atoms with Gasteiger partial charge < -0.3 is 24.6 Å². The van der Waals surface area contributed by atoms with E-state index in [2.05, 4.69) is 26.1 Å². The van der Waals surface area contributed by atoms with Crippen molar-refractivity contribution in [1.29, 1.82) is 0 Å². The third kappa shape index (κ3) is 6.07. The average molecular weight is 343 g/mol. The van der Waals surface area contributed by atoms with Gasteiger partial charge in [-0.3, -0.25) is 4.79 Å². The largest absolute Gasteiger partial charge is 0.459 e. The highest BCUT2D eigenvalue weighted by Gasteiger charge is 2.41. The second-order valence-corrected chi connectivity index (χ2v) is 7.14. The number of rotatable bonds is 9. The van der Waals surface area contributed by atoms with Crippen LogP contribution in [0.4, 0.5) is 0 Å². The van der Waals surface area contributed by atoms with Gasteiger partial charge >= 0.3 is 0 Å². The van der Waals surface area contributed by atoms with Crippen LogP contribution in [0.15, 0.2) is 11.8 Å². The van der Waals surface area contributed by atoms with Crippen molar-refractivity contribution in [1.82, 2.24) is 5.32 Å². The Labute approximate surface area is 145 Å². The Kier molecular flexibility index (Phi) is 8.73. The first-order valence-electron chi connectivity index (χ1n) is 8.73. The van der Waals surface area contributed by atoms with E-state index in [1.165, 1.54) is 0 Å². The van der Waals surface area contributed by atoms with E-state index in [1.54, 1.807) is 7.11 Å². The Balaban J connectivity index is 2.99. The lowest BCUT2D eigenvalue weighted by molar-refractivity contribution is -0.179. The highest BCUT2D eigenvalue weighted by atomic mass is 16.7. The maximum atomic E-state index is 12.4. The highest BCUT2D eigenvalue weighted by Crippen LogP contribution is 2.42. The van der Waals surface area contributed by atoms with Crippen LogP contribution < -0.4 is 5.32 Å². The van der Waals surface area contributed by atoms with E-state index in [0.717, 1.165) is 6.42 Å². The molecule has 24 heavy (non-hydrogen) atoms. The van der Waals surface area contributed by atoms with Crippen LogP contribution in [0, 0.1) is 17.3 Å². The maximum absolute atomic E-state index is 12.4. The molecule has 0 saturated heterocycles. The van der Waals surface area contributed by atoms with E-state index in [0.29, 0.717) is 31.9 Å². The lowest BCUT2D eigenvalue weighted by atomic mass is 9.70. The quantitative estimate of drug-likeness (QED) is 0.627. The fourth-order valence-corrected chi connectivity index (χ4v) is 3.05. The number of ether oxygens (including phenoxy) is 3. The highest BCUT2D eigenvalue weighted by molar-refractivity contribution is 5.91. The topological polar surface area (TPSA) is 77.0 Å². The molecule has 1 amide bonds. The van der Waals surface area contributed by atoms with Gasteiger partial charge in [0.1, 0.15) is 0 Å². The molecule has 140 valence electrons. The molecule has 0 bridgehead atoms. The van der Waals surface area contributed by atoms with Crippen molar-refractivity contribution in [2.75, 3.05) is 33.5 Å². The molecule has 0 aromatic carbocycles. The lowest BCUT2D eigenvalue weighted by Crippen LogP contribution is -2.43. The summed E-state index contributed by atoms with van der Waals surface area (Å²) in [5.41, 5.74) is -0.0443. The fraction of sp³-hybridized carbons (Fsp3) is 0.833. The monoisotopic (exact) mass is 343 g/mol. The molecule has 3 atom stereocenters. The number of methoxy groups -OCH3 is 1. The molecule has 1 rings (SSSR count). The van der Waals surface area contributed by atoms with Gasteiger partial charge in [0, 0.05) is 32.8 Å². The van der Waals surface area contributed by atoms with E-state index in [9.17, 15) is 9.90 Å². The number of allylic oxidation sites excluding steroid dienone is 1. The minimum Gasteiger partial charge on any atom is -0.459 e. The summed E-state index contributed by atoms with van der Waals surface area (Å²) in [6, 6.07) is 0. The number of aliphatic hydroxyl groups excluding tert-OH is 1. The van der Waals surface area contributed by atoms with Gasteiger partial charge in [-0.1, -0.05) is 20.8 Å². The molecule has 0 spiro atoms. The maximum Gasteiger partial charge on any atom is 0.286 e. The zero-order valence-electron chi connectivity index (χ0n) is 15.6. The first-order valence-corrected chi connectivity index (χ1v) is 8.73. The second kappa shape index (κ2) is 10.0. The van der Waals surface area contributed by atoms with Crippen molar-refractivity contribution in [2.24, 2.45) is 17.3 Å². The first-order chi connectivity index (χ1) is 11.3. The normalized spacial score (nSPS) is 24.2. The van der Waals surface area contributed by atoms with Crippen LogP contribution in [-0.2, 0) is 19.0 Å². The molecule has 0 aliphatic carbocycles. The molecule has 2 N–H and O–H groups in total. The van der Waals surface area contributed by atoms with Crippen molar-refractivity contribution < 1.29 is 24.1 Å². The minimum atomic E-state index is -0.473. The molecule has 6 nitrogen and oxygen atoms in total. The molecule has 0 fully saturated rings. The number of carbonyl (C=O) groups is 1. The fourth-order valence-electron chi connectivity index (χ4n) is 3.05. The Morgan fingerprint density at radius 2 is 2.12 bits per heavy atom. The molecule has 0 saturated carbocycles. The molecule has 1 aliphatic heterocycles. The number of carbonyl (C=O) groups excluding carboxylic acids is 1. The van der Waals surface area contributed by atoms with Crippen LogP contribution >= 0.6 is 0 Å². The van der Waals surface area contributed by atoms with Crippen LogP contribution in [0.1, 0.15) is 40.5 Å². The van der Waals surface area contributed by atoms with Gasteiger partial charge in [-0.05, 0) is 37.2 Å². The lowest BCUT2D eigenvalue weighted by Gasteiger charge is -2.42. The van der Waals surface area contributed by atoms with Crippen LogP contribution in [0.25, 0.3) is 0 Å². The summed E-state index contributed by atoms with van der Waals surface area (Å²) in [4.78, 5) is 12.4. The van der Waals surface area contributed by atoms with Crippen molar-refractivity contribution in [2.45, 2.75) is 46.8 Å². The molecule has 1 aliphatic rings. The second-order valence-electron chi connectivity index (χ2n) is 7.14. The minimum absolute atomic E-state index is 0.0443. The first kappa shape index (κ1) is 20.9. The van der Waals surface area contributed by atoms with Crippen molar-refractivity contribution in [3.63, 3.8) is 0 Å². The van der Waals surface area contributed by atoms with Crippen LogP contribution in [-0.4, -0.2) is 50.8 Å². The van der Waals surface area contributed by atoms with Crippen LogP contribution in [0.5, 0.6) is 0 Å². The Bertz CT molecular complexity index is 416. The summed E-state index contributed by atoms with van der Waals surface area (Å²) in [6.07, 6.45) is 2.92. The average Bonchev–Trinajstić information content (AvgIpc) is 2.52. The Hall–Kier alpha value is -1.11. The third-order valence-electron chi connectivity index (χ3n) is 4.23. The van der Waals surface area contributed by atoms with Gasteiger partial charge in [-0.2, -0.15) is 0 Å². The van der Waals surface area contributed by atoms with Gasteiger partial charge in [-0.15, -0.1) is 0 Å². The number of hydrogen-bond acceptors (Lipinski definition) is 5. The molecule has 1 heterocycles. The van der Waals surface area contributed by atoms with E-state index in [1.807, 2.05) is 13.0 Å². The summed E-state index contributed by atoms with van der Waals surface area (Å²) in [7, 11) is 1.59. The molecule has 0 unspecified atom stereocenters. The predicted molar refractivity (Wildman–Crippen MR) is 92.2 cm³/mol. The number of aliphatic hydroxyl groups is 1. The van der Waals surface area contributed by atoms with Crippen LogP contribution in [0.2, 0.25) is 0 Å². The van der Waals surface area contributed by atoms with E-state index >= 15 is 0 Å².